The first-order valence-electron chi connectivity index (χ1n) is 7.37. The summed E-state index contributed by atoms with van der Waals surface area (Å²) in [6.45, 7) is 5.18. The first-order valence-corrected chi connectivity index (χ1v) is 7.37. The number of amides is 2. The Morgan fingerprint density at radius 3 is 2.42 bits per heavy atom. The van der Waals surface area contributed by atoms with Gasteiger partial charge in [-0.3, -0.25) is 9.59 Å². The van der Waals surface area contributed by atoms with E-state index in [1.54, 1.807) is 0 Å². The first kappa shape index (κ1) is 16.0. The minimum absolute atomic E-state index is 0.0975. The molecule has 1 fully saturated rings. The molecule has 0 heterocycles. The van der Waals surface area contributed by atoms with Crippen molar-refractivity contribution in [1.82, 2.24) is 10.6 Å². The molecule has 5 heteroatoms. The second-order valence-electron chi connectivity index (χ2n) is 5.47. The third kappa shape index (κ3) is 5.19. The topological polar surface area (TPSA) is 84.2 Å². The molecule has 0 aromatic heterocycles. The summed E-state index contributed by atoms with van der Waals surface area (Å²) in [5.41, 5.74) is 5.82. The van der Waals surface area contributed by atoms with Crippen LogP contribution in [0.25, 0.3) is 0 Å². The van der Waals surface area contributed by atoms with E-state index in [0.717, 1.165) is 25.7 Å². The maximum atomic E-state index is 11.7. The van der Waals surface area contributed by atoms with Gasteiger partial charge in [-0.25, -0.2) is 0 Å². The van der Waals surface area contributed by atoms with Gasteiger partial charge in [0, 0.05) is 19.0 Å². The maximum absolute atomic E-state index is 11.7. The van der Waals surface area contributed by atoms with Crippen LogP contribution >= 0.6 is 0 Å². The molecule has 1 aliphatic carbocycles. The summed E-state index contributed by atoms with van der Waals surface area (Å²) in [5, 5.41) is 5.71. The van der Waals surface area contributed by atoms with Gasteiger partial charge in [0.2, 0.25) is 11.8 Å². The molecule has 1 saturated carbocycles. The number of hydrogen-bond donors (Lipinski definition) is 3. The molecule has 4 N–H and O–H groups in total. The van der Waals surface area contributed by atoms with Gasteiger partial charge in [0.25, 0.3) is 0 Å². The lowest BCUT2D eigenvalue weighted by Gasteiger charge is -2.24. The zero-order valence-corrected chi connectivity index (χ0v) is 12.1. The van der Waals surface area contributed by atoms with Gasteiger partial charge >= 0.3 is 0 Å². The minimum atomic E-state index is -0.436. The molecule has 2 unspecified atom stereocenters. The molecular formula is C14H27N3O2. The molecular weight excluding hydrogens is 242 g/mol. The summed E-state index contributed by atoms with van der Waals surface area (Å²) >= 11 is 0. The van der Waals surface area contributed by atoms with E-state index in [9.17, 15) is 9.59 Å². The normalized spacial score (nSPS) is 18.3. The Bertz CT molecular complexity index is 303. The van der Waals surface area contributed by atoms with Crippen molar-refractivity contribution in [3.63, 3.8) is 0 Å². The maximum Gasteiger partial charge on any atom is 0.237 e. The van der Waals surface area contributed by atoms with Crippen molar-refractivity contribution < 1.29 is 9.59 Å². The van der Waals surface area contributed by atoms with Crippen LogP contribution in [0.2, 0.25) is 0 Å². The van der Waals surface area contributed by atoms with Gasteiger partial charge < -0.3 is 16.4 Å². The van der Waals surface area contributed by atoms with Crippen molar-refractivity contribution in [3.8, 4) is 0 Å². The lowest BCUT2D eigenvalue weighted by Crippen LogP contribution is -2.45. The van der Waals surface area contributed by atoms with Crippen LogP contribution in [0.4, 0.5) is 0 Å². The van der Waals surface area contributed by atoms with Crippen LogP contribution in [0.15, 0.2) is 0 Å². The minimum Gasteiger partial charge on any atom is -0.356 e. The SMILES string of the molecule is CCC(C)C(N)C(=O)NCCCNC(=O)C1CCC1. The van der Waals surface area contributed by atoms with Crippen molar-refractivity contribution in [2.45, 2.75) is 52.0 Å². The third-order valence-electron chi connectivity index (χ3n) is 3.99. The van der Waals surface area contributed by atoms with Crippen LogP contribution in [0, 0.1) is 11.8 Å². The number of hydrogen-bond acceptors (Lipinski definition) is 3. The molecule has 1 aliphatic rings. The molecule has 1 rings (SSSR count). The highest BCUT2D eigenvalue weighted by atomic mass is 16.2. The van der Waals surface area contributed by atoms with Gasteiger partial charge in [0.1, 0.15) is 0 Å². The summed E-state index contributed by atoms with van der Waals surface area (Å²) in [5.74, 6) is 0.486. The van der Waals surface area contributed by atoms with E-state index in [2.05, 4.69) is 10.6 Å². The Morgan fingerprint density at radius 2 is 1.89 bits per heavy atom. The Balaban J connectivity index is 2.03. The summed E-state index contributed by atoms with van der Waals surface area (Å²) in [6.07, 6.45) is 4.85. The Kier molecular flexibility index (Phi) is 6.84. The van der Waals surface area contributed by atoms with Crippen molar-refractivity contribution in [2.75, 3.05) is 13.1 Å². The molecule has 110 valence electrons. The number of nitrogens with one attached hydrogen (secondary N) is 2. The van der Waals surface area contributed by atoms with Crippen molar-refractivity contribution in [1.29, 1.82) is 0 Å². The molecule has 2 amide bonds. The fraction of sp³-hybridized carbons (Fsp3) is 0.857. The molecule has 2 atom stereocenters. The molecule has 0 radical (unpaired) electrons. The molecule has 0 bridgehead atoms. The Morgan fingerprint density at radius 1 is 1.26 bits per heavy atom. The monoisotopic (exact) mass is 269 g/mol. The van der Waals surface area contributed by atoms with Crippen LogP contribution < -0.4 is 16.4 Å². The van der Waals surface area contributed by atoms with Gasteiger partial charge in [-0.1, -0.05) is 26.7 Å². The van der Waals surface area contributed by atoms with Gasteiger partial charge in [-0.15, -0.1) is 0 Å². The van der Waals surface area contributed by atoms with Gasteiger partial charge in [-0.05, 0) is 25.2 Å². The third-order valence-corrected chi connectivity index (χ3v) is 3.99. The zero-order chi connectivity index (χ0) is 14.3. The summed E-state index contributed by atoms with van der Waals surface area (Å²) in [6, 6.07) is -0.436. The highest BCUT2D eigenvalue weighted by molar-refractivity contribution is 5.81. The standard InChI is InChI=1S/C14H27N3O2/c1-3-10(2)12(15)14(19)17-9-5-8-16-13(18)11-6-4-7-11/h10-12H,3-9,15H2,1-2H3,(H,16,18)(H,17,19). The van der Waals surface area contributed by atoms with Crippen LogP contribution in [0.5, 0.6) is 0 Å². The second kappa shape index (κ2) is 8.15. The van der Waals surface area contributed by atoms with Crippen molar-refractivity contribution in [3.05, 3.63) is 0 Å². The number of nitrogens with two attached hydrogens (primary N) is 1. The largest absolute Gasteiger partial charge is 0.356 e. The highest BCUT2D eigenvalue weighted by Crippen LogP contribution is 2.25. The first-order chi connectivity index (χ1) is 9.06. The summed E-state index contributed by atoms with van der Waals surface area (Å²) < 4.78 is 0. The quantitative estimate of drug-likeness (QED) is 0.569. The van der Waals surface area contributed by atoms with Gasteiger partial charge in [-0.2, -0.15) is 0 Å². The van der Waals surface area contributed by atoms with E-state index < -0.39 is 6.04 Å². The fourth-order valence-electron chi connectivity index (χ4n) is 1.96. The van der Waals surface area contributed by atoms with Gasteiger partial charge in [0.15, 0.2) is 0 Å². The molecule has 0 saturated heterocycles. The molecule has 5 nitrogen and oxygen atoms in total. The van der Waals surface area contributed by atoms with Gasteiger partial charge in [0.05, 0.1) is 6.04 Å². The van der Waals surface area contributed by atoms with E-state index >= 15 is 0 Å². The van der Waals surface area contributed by atoms with E-state index in [-0.39, 0.29) is 23.7 Å². The van der Waals surface area contributed by atoms with Crippen LogP contribution in [0.3, 0.4) is 0 Å². The average Bonchev–Trinajstić information content (AvgIpc) is 2.34. The van der Waals surface area contributed by atoms with Crippen LogP contribution in [-0.2, 0) is 9.59 Å². The predicted octanol–water partition coefficient (Wildman–Crippen LogP) is 0.782. The van der Waals surface area contributed by atoms with Crippen molar-refractivity contribution in [2.24, 2.45) is 17.6 Å². The zero-order valence-electron chi connectivity index (χ0n) is 12.1. The smallest absolute Gasteiger partial charge is 0.237 e. The lowest BCUT2D eigenvalue weighted by atomic mass is 9.85. The molecule has 19 heavy (non-hydrogen) atoms. The molecule has 0 spiro atoms. The van der Waals surface area contributed by atoms with E-state index in [1.807, 2.05) is 13.8 Å². The van der Waals surface area contributed by atoms with E-state index in [0.29, 0.717) is 13.1 Å². The number of carbonyl (C=O) groups excluding carboxylic acids is 2. The molecule has 0 aromatic carbocycles. The Labute approximate surface area is 115 Å². The van der Waals surface area contributed by atoms with Crippen LogP contribution in [-0.4, -0.2) is 30.9 Å². The number of rotatable bonds is 8. The lowest BCUT2D eigenvalue weighted by molar-refractivity contribution is -0.127. The van der Waals surface area contributed by atoms with E-state index in [4.69, 9.17) is 5.73 Å². The van der Waals surface area contributed by atoms with E-state index in [1.165, 1.54) is 6.42 Å². The summed E-state index contributed by atoms with van der Waals surface area (Å²) in [4.78, 5) is 23.2. The molecule has 0 aliphatic heterocycles. The van der Waals surface area contributed by atoms with Crippen LogP contribution in [0.1, 0.15) is 46.0 Å². The average molecular weight is 269 g/mol. The predicted molar refractivity (Wildman–Crippen MR) is 75.4 cm³/mol. The second-order valence-corrected chi connectivity index (χ2v) is 5.47. The van der Waals surface area contributed by atoms with Crippen molar-refractivity contribution >= 4 is 11.8 Å². The Hall–Kier alpha value is -1.10. The molecule has 0 aromatic rings. The fourth-order valence-corrected chi connectivity index (χ4v) is 1.96. The summed E-state index contributed by atoms with van der Waals surface area (Å²) in [7, 11) is 0. The number of carbonyl (C=O) groups is 2. The highest BCUT2D eigenvalue weighted by Gasteiger charge is 2.24.